The van der Waals surface area contributed by atoms with E-state index in [0.29, 0.717) is 49.7 Å². The SMILES string of the molecule is CCOC(=O)c1ccc(NC(=O)NCCOCCn2c(=O)oc3ccccc32)cc1. The topological polar surface area (TPSA) is 112 Å². The van der Waals surface area contributed by atoms with Crippen LogP contribution in [0.5, 0.6) is 0 Å². The highest BCUT2D eigenvalue weighted by Crippen LogP contribution is 2.12. The molecule has 0 radical (unpaired) electrons. The largest absolute Gasteiger partial charge is 0.462 e. The molecule has 158 valence electrons. The highest BCUT2D eigenvalue weighted by molar-refractivity contribution is 5.92. The van der Waals surface area contributed by atoms with Gasteiger partial charge in [0.2, 0.25) is 0 Å². The van der Waals surface area contributed by atoms with E-state index in [1.807, 2.05) is 12.1 Å². The van der Waals surface area contributed by atoms with Gasteiger partial charge in [-0.2, -0.15) is 0 Å². The first-order valence-corrected chi connectivity index (χ1v) is 9.56. The minimum atomic E-state index is -0.425. The third-order valence-corrected chi connectivity index (χ3v) is 4.22. The summed E-state index contributed by atoms with van der Waals surface area (Å²) < 4.78 is 17.1. The Bertz CT molecular complexity index is 1050. The second kappa shape index (κ2) is 10.3. The van der Waals surface area contributed by atoms with Gasteiger partial charge in [0, 0.05) is 12.2 Å². The van der Waals surface area contributed by atoms with Gasteiger partial charge < -0.3 is 24.5 Å². The molecule has 1 heterocycles. The van der Waals surface area contributed by atoms with Gasteiger partial charge in [0.25, 0.3) is 0 Å². The van der Waals surface area contributed by atoms with Crippen LogP contribution in [0.4, 0.5) is 10.5 Å². The number of urea groups is 1. The van der Waals surface area contributed by atoms with Gasteiger partial charge in [-0.15, -0.1) is 0 Å². The maximum absolute atomic E-state index is 11.9. The number of hydrogen-bond donors (Lipinski definition) is 2. The highest BCUT2D eigenvalue weighted by Gasteiger charge is 2.08. The van der Waals surface area contributed by atoms with Crippen molar-refractivity contribution in [3.63, 3.8) is 0 Å². The van der Waals surface area contributed by atoms with Gasteiger partial charge in [0.1, 0.15) is 0 Å². The zero-order chi connectivity index (χ0) is 21.3. The molecule has 0 aliphatic heterocycles. The fourth-order valence-corrected chi connectivity index (χ4v) is 2.80. The summed E-state index contributed by atoms with van der Waals surface area (Å²) in [5.41, 5.74) is 2.22. The lowest BCUT2D eigenvalue weighted by Gasteiger charge is -2.09. The Balaban J connectivity index is 1.35. The van der Waals surface area contributed by atoms with E-state index in [1.54, 1.807) is 43.3 Å². The van der Waals surface area contributed by atoms with Crippen LogP contribution in [0.25, 0.3) is 11.1 Å². The summed E-state index contributed by atoms with van der Waals surface area (Å²) in [6.45, 7) is 3.30. The second-order valence-electron chi connectivity index (χ2n) is 6.28. The number of benzene rings is 2. The molecule has 9 nitrogen and oxygen atoms in total. The molecule has 0 spiro atoms. The minimum absolute atomic E-state index is 0.291. The van der Waals surface area contributed by atoms with Crippen molar-refractivity contribution in [2.75, 3.05) is 31.7 Å². The standard InChI is InChI=1S/C21H23N3O6/c1-2-29-19(25)15-7-9-16(10-8-15)23-20(26)22-11-13-28-14-12-24-17-5-3-4-6-18(17)30-21(24)27/h3-10H,2,11-14H2,1H3,(H2,22,23,26). The number of aromatic nitrogens is 1. The molecule has 3 aromatic rings. The monoisotopic (exact) mass is 413 g/mol. The average molecular weight is 413 g/mol. The Hall–Kier alpha value is -3.59. The Morgan fingerprint density at radius 3 is 2.60 bits per heavy atom. The quantitative estimate of drug-likeness (QED) is 0.412. The fraction of sp³-hybridized carbons (Fsp3) is 0.286. The van der Waals surface area contributed by atoms with Crippen LogP contribution in [-0.4, -0.2) is 42.9 Å². The summed E-state index contributed by atoms with van der Waals surface area (Å²) in [7, 11) is 0. The third-order valence-electron chi connectivity index (χ3n) is 4.22. The number of ether oxygens (including phenoxy) is 2. The van der Waals surface area contributed by atoms with Crippen molar-refractivity contribution in [2.24, 2.45) is 0 Å². The number of anilines is 1. The number of carbonyl (C=O) groups excluding carboxylic acids is 2. The van der Waals surface area contributed by atoms with Crippen LogP contribution in [0, 0.1) is 0 Å². The molecule has 0 aliphatic rings. The van der Waals surface area contributed by atoms with Crippen molar-refractivity contribution in [3.05, 3.63) is 64.6 Å². The van der Waals surface area contributed by atoms with Crippen LogP contribution in [0.15, 0.2) is 57.7 Å². The number of amides is 2. The van der Waals surface area contributed by atoms with Crippen LogP contribution in [0.3, 0.4) is 0 Å². The van der Waals surface area contributed by atoms with Gasteiger partial charge >= 0.3 is 17.8 Å². The molecule has 9 heteroatoms. The first-order valence-electron chi connectivity index (χ1n) is 9.56. The van der Waals surface area contributed by atoms with Crippen LogP contribution in [0.2, 0.25) is 0 Å². The number of nitrogens with zero attached hydrogens (tertiary/aromatic N) is 1. The molecular formula is C21H23N3O6. The van der Waals surface area contributed by atoms with Crippen molar-refractivity contribution < 1.29 is 23.5 Å². The average Bonchev–Trinajstić information content (AvgIpc) is 3.06. The molecule has 2 amide bonds. The van der Waals surface area contributed by atoms with E-state index < -0.39 is 11.7 Å². The van der Waals surface area contributed by atoms with Crippen LogP contribution in [0.1, 0.15) is 17.3 Å². The summed E-state index contributed by atoms with van der Waals surface area (Å²) >= 11 is 0. The highest BCUT2D eigenvalue weighted by atomic mass is 16.5. The Kier molecular flexibility index (Phi) is 7.23. The van der Waals surface area contributed by atoms with Crippen molar-refractivity contribution in [1.82, 2.24) is 9.88 Å². The van der Waals surface area contributed by atoms with Crippen molar-refractivity contribution in [3.8, 4) is 0 Å². The van der Waals surface area contributed by atoms with Gasteiger partial charge in [-0.3, -0.25) is 4.57 Å². The lowest BCUT2D eigenvalue weighted by atomic mass is 10.2. The first kappa shape index (κ1) is 21.1. The number of hydrogen-bond acceptors (Lipinski definition) is 6. The Morgan fingerprint density at radius 2 is 1.83 bits per heavy atom. The molecular weight excluding hydrogens is 390 g/mol. The number of para-hydroxylation sites is 2. The van der Waals surface area contributed by atoms with Gasteiger partial charge in [-0.1, -0.05) is 12.1 Å². The van der Waals surface area contributed by atoms with Crippen molar-refractivity contribution in [2.45, 2.75) is 13.5 Å². The second-order valence-corrected chi connectivity index (χ2v) is 6.28. The van der Waals surface area contributed by atoms with Crippen molar-refractivity contribution >= 4 is 28.8 Å². The van der Waals surface area contributed by atoms with E-state index in [0.717, 1.165) is 5.52 Å². The predicted octanol–water partition coefficient (Wildman–Crippen LogP) is 2.61. The molecule has 2 N–H and O–H groups in total. The smallest absolute Gasteiger partial charge is 0.420 e. The minimum Gasteiger partial charge on any atom is -0.462 e. The molecule has 1 aromatic heterocycles. The lowest BCUT2D eigenvalue weighted by molar-refractivity contribution is 0.0526. The molecule has 30 heavy (non-hydrogen) atoms. The van der Waals surface area contributed by atoms with Gasteiger partial charge in [0.05, 0.1) is 37.4 Å². The van der Waals surface area contributed by atoms with Gasteiger partial charge in [0.15, 0.2) is 5.58 Å². The first-order chi connectivity index (χ1) is 14.6. The molecule has 0 unspecified atom stereocenters. The third kappa shape index (κ3) is 5.48. The molecule has 0 saturated heterocycles. The van der Waals surface area contributed by atoms with Crippen LogP contribution in [-0.2, 0) is 16.0 Å². The molecule has 0 bridgehead atoms. The van der Waals surface area contributed by atoms with Crippen LogP contribution < -0.4 is 16.4 Å². The summed E-state index contributed by atoms with van der Waals surface area (Å²) in [4.78, 5) is 35.4. The number of carbonyl (C=O) groups is 2. The number of esters is 1. The Labute approximate surface area is 172 Å². The van der Waals surface area contributed by atoms with Gasteiger partial charge in [-0.25, -0.2) is 14.4 Å². The summed E-state index contributed by atoms with van der Waals surface area (Å²) in [5.74, 6) is -0.831. The van der Waals surface area contributed by atoms with E-state index in [1.165, 1.54) is 4.57 Å². The molecule has 0 saturated carbocycles. The summed E-state index contributed by atoms with van der Waals surface area (Å²) in [5, 5.41) is 5.34. The number of rotatable bonds is 9. The van der Waals surface area contributed by atoms with E-state index in [4.69, 9.17) is 13.9 Å². The maximum Gasteiger partial charge on any atom is 0.420 e. The zero-order valence-electron chi connectivity index (χ0n) is 16.6. The van der Waals surface area contributed by atoms with E-state index >= 15 is 0 Å². The van der Waals surface area contributed by atoms with E-state index in [2.05, 4.69) is 10.6 Å². The van der Waals surface area contributed by atoms with E-state index in [-0.39, 0.29) is 6.03 Å². The normalized spacial score (nSPS) is 10.7. The van der Waals surface area contributed by atoms with E-state index in [9.17, 15) is 14.4 Å². The molecule has 2 aromatic carbocycles. The predicted molar refractivity (Wildman–Crippen MR) is 111 cm³/mol. The Morgan fingerprint density at radius 1 is 1.07 bits per heavy atom. The van der Waals surface area contributed by atoms with Gasteiger partial charge in [-0.05, 0) is 43.3 Å². The summed E-state index contributed by atoms with van der Waals surface area (Å²) in [6.07, 6.45) is 0. The van der Waals surface area contributed by atoms with Crippen molar-refractivity contribution in [1.29, 1.82) is 0 Å². The number of fused-ring (bicyclic) bond motifs is 1. The molecule has 3 rings (SSSR count). The molecule has 0 fully saturated rings. The molecule has 0 aliphatic carbocycles. The molecule has 0 atom stereocenters. The van der Waals surface area contributed by atoms with Crippen LogP contribution >= 0.6 is 0 Å². The fourth-order valence-electron chi connectivity index (χ4n) is 2.80. The lowest BCUT2D eigenvalue weighted by Crippen LogP contribution is -2.32. The number of oxazole rings is 1. The summed E-state index contributed by atoms with van der Waals surface area (Å²) in [6, 6.07) is 13.2. The number of nitrogens with one attached hydrogen (secondary N) is 2. The maximum atomic E-state index is 11.9. The zero-order valence-corrected chi connectivity index (χ0v) is 16.6.